The van der Waals surface area contributed by atoms with Crippen LogP contribution in [-0.4, -0.2) is 11.1 Å². The smallest absolute Gasteiger partial charge is 0.307 e. The number of aryl methyl sites for hydroxylation is 1. The third-order valence-corrected chi connectivity index (χ3v) is 3.95. The van der Waals surface area contributed by atoms with Gasteiger partial charge in [-0.1, -0.05) is 82.6 Å². The van der Waals surface area contributed by atoms with Crippen LogP contribution < -0.4 is 0 Å². The van der Waals surface area contributed by atoms with Crippen LogP contribution in [0.3, 0.4) is 0 Å². The molecule has 0 aliphatic carbocycles. The van der Waals surface area contributed by atoms with Gasteiger partial charge in [0.25, 0.3) is 0 Å². The predicted molar refractivity (Wildman–Crippen MR) is 88.7 cm³/mol. The number of hydrogen-bond acceptors (Lipinski definition) is 1. The molecule has 1 rings (SSSR count). The Labute approximate surface area is 129 Å². The third kappa shape index (κ3) is 9.28. The van der Waals surface area contributed by atoms with Gasteiger partial charge in [-0.15, -0.1) is 0 Å². The minimum absolute atomic E-state index is 0.123. The van der Waals surface area contributed by atoms with E-state index in [0.717, 1.165) is 12.0 Å². The van der Waals surface area contributed by atoms with Crippen molar-refractivity contribution in [3.05, 3.63) is 35.4 Å². The number of hydrogen-bond donors (Lipinski definition) is 1. The molecule has 0 atom stereocenters. The molecule has 0 saturated heterocycles. The molecule has 1 aromatic carbocycles. The Balaban J connectivity index is 2.03. The summed E-state index contributed by atoms with van der Waals surface area (Å²) in [5.41, 5.74) is 2.21. The molecule has 0 saturated carbocycles. The second-order valence-electron chi connectivity index (χ2n) is 5.97. The predicted octanol–water partition coefficient (Wildman–Crippen LogP) is 5.39. The molecule has 0 aliphatic rings. The summed E-state index contributed by atoms with van der Waals surface area (Å²) in [7, 11) is 0. The number of carboxylic acid groups (broad SMARTS) is 1. The Morgan fingerprint density at radius 3 is 1.81 bits per heavy atom. The number of carbonyl (C=O) groups is 1. The van der Waals surface area contributed by atoms with Gasteiger partial charge in [0, 0.05) is 0 Å². The molecular formula is C19H30O2. The highest BCUT2D eigenvalue weighted by Gasteiger charge is 2.00. The summed E-state index contributed by atoms with van der Waals surface area (Å²) in [5.74, 6) is -0.762. The van der Waals surface area contributed by atoms with Crippen molar-refractivity contribution < 1.29 is 9.90 Å². The summed E-state index contributed by atoms with van der Waals surface area (Å²) < 4.78 is 0. The molecule has 2 nitrogen and oxygen atoms in total. The van der Waals surface area contributed by atoms with E-state index < -0.39 is 5.97 Å². The van der Waals surface area contributed by atoms with E-state index in [9.17, 15) is 4.79 Å². The first-order chi connectivity index (χ1) is 10.2. The van der Waals surface area contributed by atoms with Crippen molar-refractivity contribution >= 4 is 5.97 Å². The summed E-state index contributed by atoms with van der Waals surface area (Å²) >= 11 is 0. The first-order valence-corrected chi connectivity index (χ1v) is 8.52. The lowest BCUT2D eigenvalue weighted by atomic mass is 10.0. The lowest BCUT2D eigenvalue weighted by Crippen LogP contribution is -1.99. The largest absolute Gasteiger partial charge is 0.481 e. The zero-order valence-electron chi connectivity index (χ0n) is 13.4. The van der Waals surface area contributed by atoms with Crippen molar-refractivity contribution in [1.29, 1.82) is 0 Å². The Bertz CT molecular complexity index is 381. The van der Waals surface area contributed by atoms with E-state index in [4.69, 9.17) is 5.11 Å². The lowest BCUT2D eigenvalue weighted by molar-refractivity contribution is -0.136. The van der Waals surface area contributed by atoms with Crippen LogP contribution in [0.5, 0.6) is 0 Å². The van der Waals surface area contributed by atoms with Crippen molar-refractivity contribution in [2.45, 2.75) is 77.6 Å². The quantitative estimate of drug-likeness (QED) is 0.524. The third-order valence-electron chi connectivity index (χ3n) is 3.95. The molecule has 2 heteroatoms. The van der Waals surface area contributed by atoms with Gasteiger partial charge in [-0.2, -0.15) is 0 Å². The summed E-state index contributed by atoms with van der Waals surface area (Å²) in [6.07, 6.45) is 13.4. The lowest BCUT2D eigenvalue weighted by Gasteiger charge is -2.04. The Kier molecular flexibility index (Phi) is 9.60. The number of carboxylic acids is 1. The average Bonchev–Trinajstić information content (AvgIpc) is 2.47. The first kappa shape index (κ1) is 17.7. The molecule has 0 amide bonds. The van der Waals surface area contributed by atoms with Crippen LogP contribution in [-0.2, 0) is 17.6 Å². The highest BCUT2D eigenvalue weighted by molar-refractivity contribution is 5.70. The minimum Gasteiger partial charge on any atom is -0.481 e. The van der Waals surface area contributed by atoms with E-state index in [1.54, 1.807) is 0 Å². The van der Waals surface area contributed by atoms with Gasteiger partial charge in [-0.05, 0) is 24.0 Å². The summed E-state index contributed by atoms with van der Waals surface area (Å²) in [4.78, 5) is 10.6. The Hall–Kier alpha value is -1.31. The van der Waals surface area contributed by atoms with E-state index in [2.05, 4.69) is 19.1 Å². The summed E-state index contributed by atoms with van der Waals surface area (Å²) in [6, 6.07) is 8.03. The topological polar surface area (TPSA) is 37.3 Å². The van der Waals surface area contributed by atoms with Crippen LogP contribution >= 0.6 is 0 Å². The Morgan fingerprint density at radius 1 is 0.810 bits per heavy atom. The summed E-state index contributed by atoms with van der Waals surface area (Å²) in [6.45, 7) is 2.26. The first-order valence-electron chi connectivity index (χ1n) is 8.52. The van der Waals surface area contributed by atoms with Crippen LogP contribution in [0.15, 0.2) is 24.3 Å². The molecular weight excluding hydrogens is 260 g/mol. The average molecular weight is 290 g/mol. The van der Waals surface area contributed by atoms with Gasteiger partial charge < -0.3 is 5.11 Å². The van der Waals surface area contributed by atoms with Gasteiger partial charge in [0.15, 0.2) is 0 Å². The van der Waals surface area contributed by atoms with Gasteiger partial charge >= 0.3 is 5.97 Å². The van der Waals surface area contributed by atoms with E-state index in [0.29, 0.717) is 0 Å². The normalized spacial score (nSPS) is 10.7. The number of benzene rings is 1. The molecule has 0 unspecified atom stereocenters. The van der Waals surface area contributed by atoms with Crippen molar-refractivity contribution in [2.24, 2.45) is 0 Å². The van der Waals surface area contributed by atoms with Crippen LogP contribution in [0.2, 0.25) is 0 Å². The highest BCUT2D eigenvalue weighted by atomic mass is 16.4. The molecule has 1 N–H and O–H groups in total. The molecule has 0 bridgehead atoms. The van der Waals surface area contributed by atoms with Crippen LogP contribution in [0, 0.1) is 0 Å². The Morgan fingerprint density at radius 2 is 1.29 bits per heavy atom. The molecule has 0 fully saturated rings. The van der Waals surface area contributed by atoms with Gasteiger partial charge in [0.1, 0.15) is 0 Å². The molecule has 0 aromatic heterocycles. The van der Waals surface area contributed by atoms with Crippen molar-refractivity contribution in [3.8, 4) is 0 Å². The van der Waals surface area contributed by atoms with Gasteiger partial charge in [0.05, 0.1) is 6.42 Å². The second kappa shape index (κ2) is 11.4. The number of unbranched alkanes of at least 4 members (excludes halogenated alkanes) is 8. The van der Waals surface area contributed by atoms with Crippen molar-refractivity contribution in [2.75, 3.05) is 0 Å². The van der Waals surface area contributed by atoms with E-state index in [-0.39, 0.29) is 6.42 Å². The fourth-order valence-corrected chi connectivity index (χ4v) is 2.64. The van der Waals surface area contributed by atoms with E-state index >= 15 is 0 Å². The summed E-state index contributed by atoms with van der Waals surface area (Å²) in [5, 5.41) is 8.73. The zero-order valence-corrected chi connectivity index (χ0v) is 13.4. The zero-order chi connectivity index (χ0) is 15.3. The molecule has 0 radical (unpaired) electrons. The van der Waals surface area contributed by atoms with Gasteiger partial charge in [0.2, 0.25) is 0 Å². The van der Waals surface area contributed by atoms with Crippen molar-refractivity contribution in [1.82, 2.24) is 0 Å². The molecule has 21 heavy (non-hydrogen) atoms. The second-order valence-corrected chi connectivity index (χ2v) is 5.97. The van der Waals surface area contributed by atoms with E-state index in [1.165, 1.54) is 63.4 Å². The van der Waals surface area contributed by atoms with Crippen molar-refractivity contribution in [3.63, 3.8) is 0 Å². The highest BCUT2D eigenvalue weighted by Crippen LogP contribution is 2.12. The monoisotopic (exact) mass is 290 g/mol. The number of rotatable bonds is 12. The minimum atomic E-state index is -0.762. The standard InChI is InChI=1S/C19H30O2/c1-2-3-4-5-6-7-8-9-10-11-17-12-14-18(15-13-17)16-19(20)21/h12-15H,2-11,16H2,1H3,(H,20,21). The van der Waals surface area contributed by atoms with Gasteiger partial charge in [-0.25, -0.2) is 0 Å². The maximum atomic E-state index is 10.6. The fraction of sp³-hybridized carbons (Fsp3) is 0.632. The fourth-order valence-electron chi connectivity index (χ4n) is 2.64. The molecule has 0 heterocycles. The van der Waals surface area contributed by atoms with Crippen LogP contribution in [0.25, 0.3) is 0 Å². The maximum absolute atomic E-state index is 10.6. The molecule has 1 aromatic rings. The van der Waals surface area contributed by atoms with E-state index in [1.807, 2.05) is 12.1 Å². The molecule has 0 aliphatic heterocycles. The van der Waals surface area contributed by atoms with Crippen LogP contribution in [0.4, 0.5) is 0 Å². The maximum Gasteiger partial charge on any atom is 0.307 e. The van der Waals surface area contributed by atoms with Crippen LogP contribution in [0.1, 0.15) is 75.8 Å². The SMILES string of the molecule is CCCCCCCCCCCc1ccc(CC(=O)O)cc1. The number of aliphatic carboxylic acids is 1. The molecule has 118 valence electrons. The van der Waals surface area contributed by atoms with Gasteiger partial charge in [-0.3, -0.25) is 4.79 Å². The molecule has 0 spiro atoms.